The van der Waals surface area contributed by atoms with E-state index in [9.17, 15) is 0 Å². The molecule has 0 saturated carbocycles. The average Bonchev–Trinajstić information content (AvgIpc) is 2.33. The Morgan fingerprint density at radius 2 is 1.78 bits per heavy atom. The summed E-state index contributed by atoms with van der Waals surface area (Å²) < 4.78 is 7.77. The summed E-state index contributed by atoms with van der Waals surface area (Å²) >= 11 is 16.3. The van der Waals surface area contributed by atoms with Crippen LogP contribution in [0.1, 0.15) is 5.56 Å². The van der Waals surface area contributed by atoms with Gasteiger partial charge in [0.2, 0.25) is 0 Å². The van der Waals surface area contributed by atoms with Crippen LogP contribution in [0.5, 0.6) is 11.5 Å². The van der Waals surface area contributed by atoms with Gasteiger partial charge in [-0.2, -0.15) is 0 Å². The highest BCUT2D eigenvalue weighted by atomic mass is 79.9. The van der Waals surface area contributed by atoms with E-state index in [1.54, 1.807) is 0 Å². The summed E-state index contributed by atoms with van der Waals surface area (Å²) in [4.78, 5) is 0. The Balaban J connectivity index is 2.36. The Hall–Kier alpha value is -0.0300. The van der Waals surface area contributed by atoms with Crippen LogP contribution < -0.4 is 4.74 Å². The minimum Gasteiger partial charge on any atom is -0.456 e. The van der Waals surface area contributed by atoms with E-state index in [2.05, 4.69) is 47.8 Å². The molecule has 0 aliphatic heterocycles. The van der Waals surface area contributed by atoms with E-state index in [1.165, 1.54) is 0 Å². The molecule has 0 saturated heterocycles. The van der Waals surface area contributed by atoms with Crippen molar-refractivity contribution in [2.24, 2.45) is 0 Å². The lowest BCUT2D eigenvalue weighted by Gasteiger charge is -2.11. The molecule has 0 unspecified atom stereocenters. The van der Waals surface area contributed by atoms with E-state index in [0.717, 1.165) is 26.0 Å². The van der Waals surface area contributed by atoms with E-state index in [1.807, 2.05) is 36.4 Å². The van der Waals surface area contributed by atoms with Crippen LogP contribution in [0.2, 0.25) is 5.02 Å². The highest BCUT2D eigenvalue weighted by Crippen LogP contribution is 2.35. The maximum absolute atomic E-state index is 5.99. The molecule has 2 aromatic rings. The molecule has 0 aromatic heterocycles. The molecule has 0 heterocycles. The molecule has 0 bridgehead atoms. The van der Waals surface area contributed by atoms with Crippen LogP contribution in [0, 0.1) is 0 Å². The zero-order valence-corrected chi connectivity index (χ0v) is 14.6. The third-order valence-electron chi connectivity index (χ3n) is 2.29. The molecule has 2 aromatic carbocycles. The number of rotatable bonds is 3. The fourth-order valence-electron chi connectivity index (χ4n) is 1.41. The fraction of sp³-hybridized carbons (Fsp3) is 0.0769. The molecule has 18 heavy (non-hydrogen) atoms. The van der Waals surface area contributed by atoms with E-state index in [4.69, 9.17) is 16.3 Å². The first-order chi connectivity index (χ1) is 8.60. The molecule has 0 amide bonds. The second-order valence-corrected chi connectivity index (χ2v) is 6.33. The number of hydrogen-bond donors (Lipinski definition) is 0. The van der Waals surface area contributed by atoms with Crippen molar-refractivity contribution in [3.8, 4) is 11.5 Å². The van der Waals surface area contributed by atoms with Gasteiger partial charge in [-0.1, -0.05) is 49.5 Å². The van der Waals surface area contributed by atoms with Crippen molar-refractivity contribution in [2.45, 2.75) is 5.33 Å². The van der Waals surface area contributed by atoms with E-state index < -0.39 is 0 Å². The second-order valence-electron chi connectivity index (χ2n) is 3.56. The topological polar surface area (TPSA) is 9.23 Å². The Morgan fingerprint density at radius 1 is 1.00 bits per heavy atom. The summed E-state index contributed by atoms with van der Waals surface area (Å²) in [6.07, 6.45) is 0. The van der Waals surface area contributed by atoms with Gasteiger partial charge in [-0.3, -0.25) is 0 Å². The number of hydrogen-bond acceptors (Lipinski definition) is 1. The van der Waals surface area contributed by atoms with Crippen LogP contribution in [-0.4, -0.2) is 0 Å². The standard InChI is InChI=1S/C13H8Br3ClO/c14-7-8-1-3-10(17)6-13(8)18-12-4-2-9(15)5-11(12)16/h1-6H,7H2. The molecule has 0 N–H and O–H groups in total. The minimum atomic E-state index is 0.655. The number of halogens is 4. The third kappa shape index (κ3) is 3.50. The molecule has 0 aliphatic carbocycles. The van der Waals surface area contributed by atoms with Gasteiger partial charge in [-0.05, 0) is 46.3 Å². The summed E-state index contributed by atoms with van der Waals surface area (Å²) in [5, 5.41) is 1.37. The molecular formula is C13H8Br3ClO. The van der Waals surface area contributed by atoms with E-state index in [-0.39, 0.29) is 0 Å². The number of alkyl halides is 1. The van der Waals surface area contributed by atoms with Crippen molar-refractivity contribution in [1.82, 2.24) is 0 Å². The Bertz CT molecular complexity index is 572. The number of benzene rings is 2. The van der Waals surface area contributed by atoms with Crippen LogP contribution in [0.15, 0.2) is 45.3 Å². The lowest BCUT2D eigenvalue weighted by Crippen LogP contribution is -1.90. The largest absolute Gasteiger partial charge is 0.456 e. The van der Waals surface area contributed by atoms with Gasteiger partial charge in [0.05, 0.1) is 4.47 Å². The Kier molecular flexibility index (Phi) is 5.13. The van der Waals surface area contributed by atoms with Crippen LogP contribution >= 0.6 is 59.4 Å². The van der Waals surface area contributed by atoms with Crippen molar-refractivity contribution < 1.29 is 4.74 Å². The van der Waals surface area contributed by atoms with Gasteiger partial charge in [0.1, 0.15) is 11.5 Å². The quantitative estimate of drug-likeness (QED) is 0.477. The van der Waals surface area contributed by atoms with Gasteiger partial charge in [0.15, 0.2) is 0 Å². The SMILES string of the molecule is Clc1ccc(CBr)c(Oc2ccc(Br)cc2Br)c1. The predicted octanol–water partition coefficient (Wildman–Crippen LogP) is 6.55. The third-order valence-corrected chi connectivity index (χ3v) is 4.24. The first-order valence-corrected chi connectivity index (χ1v) is 8.16. The van der Waals surface area contributed by atoms with E-state index >= 15 is 0 Å². The molecule has 0 radical (unpaired) electrons. The molecule has 0 atom stereocenters. The van der Waals surface area contributed by atoms with Crippen molar-refractivity contribution in [3.05, 3.63) is 55.9 Å². The van der Waals surface area contributed by atoms with Crippen molar-refractivity contribution >= 4 is 59.4 Å². The van der Waals surface area contributed by atoms with E-state index in [0.29, 0.717) is 10.4 Å². The van der Waals surface area contributed by atoms with Gasteiger partial charge >= 0.3 is 0 Å². The minimum absolute atomic E-state index is 0.655. The smallest absolute Gasteiger partial charge is 0.141 e. The first kappa shape index (κ1) is 14.4. The molecule has 5 heteroatoms. The van der Waals surface area contributed by atoms with Crippen LogP contribution in [0.3, 0.4) is 0 Å². The highest BCUT2D eigenvalue weighted by molar-refractivity contribution is 9.11. The normalized spacial score (nSPS) is 10.4. The Labute approximate surface area is 136 Å². The van der Waals surface area contributed by atoms with Crippen LogP contribution in [0.25, 0.3) is 0 Å². The van der Waals surface area contributed by atoms with Gasteiger partial charge in [-0.15, -0.1) is 0 Å². The van der Waals surface area contributed by atoms with Crippen LogP contribution in [-0.2, 0) is 5.33 Å². The van der Waals surface area contributed by atoms with Crippen molar-refractivity contribution in [2.75, 3.05) is 0 Å². The fourth-order valence-corrected chi connectivity index (χ4v) is 3.16. The van der Waals surface area contributed by atoms with Gasteiger partial charge in [0.25, 0.3) is 0 Å². The number of ether oxygens (including phenoxy) is 1. The average molecular weight is 455 g/mol. The second kappa shape index (κ2) is 6.42. The first-order valence-electron chi connectivity index (χ1n) is 5.07. The monoisotopic (exact) mass is 452 g/mol. The van der Waals surface area contributed by atoms with Gasteiger partial charge < -0.3 is 4.74 Å². The summed E-state index contributed by atoms with van der Waals surface area (Å²) in [5.41, 5.74) is 1.05. The maximum Gasteiger partial charge on any atom is 0.141 e. The molecular weight excluding hydrogens is 447 g/mol. The molecule has 0 fully saturated rings. The predicted molar refractivity (Wildman–Crippen MR) is 86.0 cm³/mol. The zero-order valence-electron chi connectivity index (χ0n) is 9.09. The van der Waals surface area contributed by atoms with Crippen LogP contribution in [0.4, 0.5) is 0 Å². The molecule has 1 nitrogen and oxygen atoms in total. The highest BCUT2D eigenvalue weighted by Gasteiger charge is 2.08. The van der Waals surface area contributed by atoms with Crippen molar-refractivity contribution in [3.63, 3.8) is 0 Å². The summed E-state index contributed by atoms with van der Waals surface area (Å²) in [7, 11) is 0. The molecule has 2 rings (SSSR count). The van der Waals surface area contributed by atoms with Gasteiger partial charge in [0, 0.05) is 20.4 Å². The zero-order chi connectivity index (χ0) is 13.1. The Morgan fingerprint density at radius 3 is 2.44 bits per heavy atom. The molecule has 94 valence electrons. The molecule has 0 aliphatic rings. The van der Waals surface area contributed by atoms with Crippen molar-refractivity contribution in [1.29, 1.82) is 0 Å². The molecule has 0 spiro atoms. The summed E-state index contributed by atoms with van der Waals surface area (Å²) in [6.45, 7) is 0. The lowest BCUT2D eigenvalue weighted by atomic mass is 10.2. The summed E-state index contributed by atoms with van der Waals surface area (Å²) in [5.74, 6) is 1.50. The lowest BCUT2D eigenvalue weighted by molar-refractivity contribution is 0.475. The maximum atomic E-state index is 5.99. The van der Waals surface area contributed by atoms with Gasteiger partial charge in [-0.25, -0.2) is 0 Å². The summed E-state index contributed by atoms with van der Waals surface area (Å²) in [6, 6.07) is 11.4.